The van der Waals surface area contributed by atoms with E-state index in [2.05, 4.69) is 5.32 Å². The van der Waals surface area contributed by atoms with Crippen molar-refractivity contribution in [1.29, 1.82) is 0 Å². The van der Waals surface area contributed by atoms with Crippen molar-refractivity contribution in [3.63, 3.8) is 0 Å². The number of methoxy groups -OCH3 is 1. The summed E-state index contributed by atoms with van der Waals surface area (Å²) in [4.78, 5) is 35.8. The molecule has 1 fully saturated rings. The second-order valence-corrected chi connectivity index (χ2v) is 5.46. The number of aliphatic carboxylic acids is 1. The van der Waals surface area contributed by atoms with Crippen LogP contribution in [0.1, 0.15) is 13.8 Å². The molecule has 2 aliphatic rings. The number of amides is 2. The van der Waals surface area contributed by atoms with E-state index in [1.54, 1.807) is 6.92 Å². The van der Waals surface area contributed by atoms with Crippen LogP contribution in [0.5, 0.6) is 0 Å². The highest BCUT2D eigenvalue weighted by molar-refractivity contribution is 8.00. The fourth-order valence-corrected chi connectivity index (χ4v) is 3.68. The van der Waals surface area contributed by atoms with Gasteiger partial charge >= 0.3 is 5.97 Å². The van der Waals surface area contributed by atoms with Gasteiger partial charge in [-0.1, -0.05) is 0 Å². The van der Waals surface area contributed by atoms with Gasteiger partial charge in [0.05, 0.1) is 0 Å². The molecule has 0 aromatic rings. The molecular weight excluding hydrogens is 272 g/mol. The molecule has 2 N–H and O–H groups in total. The number of carboxylic acids is 1. The molecule has 0 saturated carbocycles. The van der Waals surface area contributed by atoms with E-state index < -0.39 is 28.9 Å². The van der Waals surface area contributed by atoms with E-state index in [9.17, 15) is 19.5 Å². The molecule has 19 heavy (non-hydrogen) atoms. The van der Waals surface area contributed by atoms with Crippen LogP contribution < -0.4 is 5.32 Å². The van der Waals surface area contributed by atoms with Crippen molar-refractivity contribution in [3.8, 4) is 0 Å². The van der Waals surface area contributed by atoms with Crippen molar-refractivity contribution in [2.45, 2.75) is 24.9 Å². The maximum absolute atomic E-state index is 12.2. The zero-order valence-electron chi connectivity index (χ0n) is 10.7. The molecule has 0 aromatic heterocycles. The number of carbonyl (C=O) groups excluding carboxylic acids is 2. The highest BCUT2D eigenvalue weighted by Crippen LogP contribution is 2.46. The Balaban J connectivity index is 2.38. The zero-order chi connectivity index (χ0) is 14.4. The first-order chi connectivity index (χ1) is 8.85. The lowest BCUT2D eigenvalue weighted by Crippen LogP contribution is -2.80. The number of nitrogens with zero attached hydrogens (tertiary/aromatic N) is 1. The second kappa shape index (κ2) is 4.53. The number of thioether (sulfide) groups is 1. The molecule has 0 unspecified atom stereocenters. The molecule has 0 radical (unpaired) electrons. The average molecular weight is 286 g/mol. The van der Waals surface area contributed by atoms with Gasteiger partial charge in [-0.25, -0.2) is 4.79 Å². The molecule has 0 spiro atoms. The third kappa shape index (κ3) is 1.82. The number of rotatable bonds is 3. The van der Waals surface area contributed by atoms with Crippen LogP contribution in [0.4, 0.5) is 0 Å². The summed E-state index contributed by atoms with van der Waals surface area (Å²) < 4.78 is 5.17. The fraction of sp³-hybridized carbons (Fsp3) is 0.545. The number of carboxylic acid groups (broad SMARTS) is 1. The topological polar surface area (TPSA) is 95.9 Å². The number of hydrogen-bond donors (Lipinski definition) is 2. The molecule has 2 heterocycles. The van der Waals surface area contributed by atoms with Gasteiger partial charge in [0.25, 0.3) is 11.6 Å². The van der Waals surface area contributed by atoms with Gasteiger partial charge in [0.15, 0.2) is 0 Å². The highest BCUT2D eigenvalue weighted by atomic mass is 32.2. The van der Waals surface area contributed by atoms with Crippen molar-refractivity contribution >= 4 is 29.5 Å². The number of carbonyl (C=O) groups is 3. The number of β-lactam (4-membered cyclic amide) rings is 1. The number of fused-ring (bicyclic) bond motifs is 1. The van der Waals surface area contributed by atoms with E-state index in [0.29, 0.717) is 11.3 Å². The lowest BCUT2D eigenvalue weighted by molar-refractivity contribution is -0.192. The SMILES string of the molecule is CO[C@@]1(NC(C)=O)C(=O)N2C(C(=O)O)=C(C)CS[C@@H]21. The van der Waals surface area contributed by atoms with E-state index in [1.807, 2.05) is 0 Å². The number of hydrogen-bond acceptors (Lipinski definition) is 5. The van der Waals surface area contributed by atoms with Gasteiger partial charge in [-0.2, -0.15) is 0 Å². The summed E-state index contributed by atoms with van der Waals surface area (Å²) in [5.41, 5.74) is -0.862. The molecule has 2 atom stereocenters. The Morgan fingerprint density at radius 2 is 2.21 bits per heavy atom. The molecule has 1 saturated heterocycles. The lowest BCUT2D eigenvalue weighted by atomic mass is 9.98. The first kappa shape index (κ1) is 13.9. The molecule has 2 aliphatic heterocycles. The second-order valence-electron chi connectivity index (χ2n) is 4.39. The Morgan fingerprint density at radius 1 is 1.58 bits per heavy atom. The van der Waals surface area contributed by atoms with Crippen molar-refractivity contribution in [2.24, 2.45) is 0 Å². The summed E-state index contributed by atoms with van der Waals surface area (Å²) in [5.74, 6) is -1.64. The van der Waals surface area contributed by atoms with Crippen molar-refractivity contribution in [3.05, 3.63) is 11.3 Å². The molecule has 2 amide bonds. The number of nitrogens with one attached hydrogen (secondary N) is 1. The van der Waals surface area contributed by atoms with E-state index in [-0.39, 0.29) is 5.70 Å². The molecular formula is C11H14N2O5S. The fourth-order valence-electron chi connectivity index (χ4n) is 2.30. The van der Waals surface area contributed by atoms with E-state index in [1.165, 1.54) is 30.7 Å². The summed E-state index contributed by atoms with van der Waals surface area (Å²) in [6.45, 7) is 2.95. The third-order valence-electron chi connectivity index (χ3n) is 3.11. The first-order valence-corrected chi connectivity index (χ1v) is 6.62. The van der Waals surface area contributed by atoms with Gasteiger partial charge in [0.2, 0.25) is 5.91 Å². The van der Waals surface area contributed by atoms with Crippen LogP contribution >= 0.6 is 11.8 Å². The zero-order valence-corrected chi connectivity index (χ0v) is 11.5. The van der Waals surface area contributed by atoms with Crippen LogP contribution in [0.3, 0.4) is 0 Å². The van der Waals surface area contributed by atoms with Crippen molar-refractivity contribution in [1.82, 2.24) is 10.2 Å². The normalized spacial score (nSPS) is 29.7. The predicted molar refractivity (Wildman–Crippen MR) is 67.0 cm³/mol. The molecule has 104 valence electrons. The average Bonchev–Trinajstić information content (AvgIpc) is 2.34. The van der Waals surface area contributed by atoms with E-state index in [4.69, 9.17) is 4.74 Å². The monoisotopic (exact) mass is 286 g/mol. The van der Waals surface area contributed by atoms with Gasteiger partial charge in [0, 0.05) is 19.8 Å². The molecule has 0 aliphatic carbocycles. The summed E-state index contributed by atoms with van der Waals surface area (Å²) in [6, 6.07) is 0. The number of ether oxygens (including phenoxy) is 1. The van der Waals surface area contributed by atoms with Gasteiger partial charge in [-0.05, 0) is 12.5 Å². The molecule has 0 aromatic carbocycles. The van der Waals surface area contributed by atoms with Crippen LogP contribution in [0.15, 0.2) is 11.3 Å². The predicted octanol–water partition coefficient (Wildman–Crippen LogP) is -0.261. The maximum atomic E-state index is 12.2. The Kier molecular flexibility index (Phi) is 3.31. The lowest BCUT2D eigenvalue weighted by Gasteiger charge is -2.55. The van der Waals surface area contributed by atoms with Crippen molar-refractivity contribution in [2.75, 3.05) is 12.9 Å². The molecule has 8 heteroatoms. The minimum absolute atomic E-state index is 0.0215. The summed E-state index contributed by atoms with van der Waals surface area (Å²) in [5, 5.41) is 11.1. The summed E-state index contributed by atoms with van der Waals surface area (Å²) >= 11 is 1.36. The smallest absolute Gasteiger partial charge is 0.352 e. The maximum Gasteiger partial charge on any atom is 0.352 e. The van der Waals surface area contributed by atoms with Crippen molar-refractivity contribution < 1.29 is 24.2 Å². The van der Waals surface area contributed by atoms with E-state index in [0.717, 1.165) is 0 Å². The molecule has 0 bridgehead atoms. The first-order valence-electron chi connectivity index (χ1n) is 5.57. The standard InChI is InChI=1S/C11H14N2O5S/c1-5-4-19-10-11(18-3,12-6(2)14)9(17)13(10)7(5)8(15)16/h10H,4H2,1-3H3,(H,12,14)(H,15,16)/t10-,11+/m1/s1. The van der Waals surface area contributed by atoms with Crippen LogP contribution in [-0.2, 0) is 19.1 Å². The van der Waals surface area contributed by atoms with Crippen LogP contribution in [0.25, 0.3) is 0 Å². The van der Waals surface area contributed by atoms with Gasteiger partial charge < -0.3 is 15.2 Å². The van der Waals surface area contributed by atoms with Crippen LogP contribution in [0, 0.1) is 0 Å². The van der Waals surface area contributed by atoms with Gasteiger partial charge in [-0.3, -0.25) is 14.5 Å². The Hall–Kier alpha value is -1.54. The molecule has 7 nitrogen and oxygen atoms in total. The largest absolute Gasteiger partial charge is 0.477 e. The Labute approximate surface area is 114 Å². The Bertz CT molecular complexity index is 503. The summed E-state index contributed by atoms with van der Waals surface area (Å²) in [7, 11) is 1.32. The third-order valence-corrected chi connectivity index (χ3v) is 4.57. The van der Waals surface area contributed by atoms with Crippen LogP contribution in [-0.4, -0.2) is 51.8 Å². The van der Waals surface area contributed by atoms with Gasteiger partial charge in [-0.15, -0.1) is 11.8 Å². The minimum Gasteiger partial charge on any atom is -0.477 e. The van der Waals surface area contributed by atoms with Crippen LogP contribution in [0.2, 0.25) is 0 Å². The van der Waals surface area contributed by atoms with E-state index >= 15 is 0 Å². The molecule has 2 rings (SSSR count). The Morgan fingerprint density at radius 3 is 2.68 bits per heavy atom. The summed E-state index contributed by atoms with van der Waals surface area (Å²) in [6.07, 6.45) is 0. The quantitative estimate of drug-likeness (QED) is 0.548. The highest BCUT2D eigenvalue weighted by Gasteiger charge is 2.66. The van der Waals surface area contributed by atoms with Gasteiger partial charge in [0.1, 0.15) is 11.1 Å². The minimum atomic E-state index is -1.46.